The van der Waals surface area contributed by atoms with E-state index in [4.69, 9.17) is 4.74 Å². The van der Waals surface area contributed by atoms with Crippen molar-refractivity contribution in [2.45, 2.75) is 51.4 Å². The highest BCUT2D eigenvalue weighted by atomic mass is 16.6. The highest BCUT2D eigenvalue weighted by Gasteiger charge is 2.38. The van der Waals surface area contributed by atoms with E-state index < -0.39 is 0 Å². The third kappa shape index (κ3) is 5.83. The lowest BCUT2D eigenvalue weighted by molar-refractivity contribution is 0.0345. The summed E-state index contributed by atoms with van der Waals surface area (Å²) in [7, 11) is 0. The summed E-state index contributed by atoms with van der Waals surface area (Å²) in [5.74, 6) is 0. The molecule has 7 nitrogen and oxygen atoms in total. The molecule has 1 aliphatic heterocycles. The lowest BCUT2D eigenvalue weighted by Gasteiger charge is -2.44. The van der Waals surface area contributed by atoms with E-state index in [2.05, 4.69) is 65.3 Å². The molecular formula is C31H36N4O3. The normalized spacial score (nSPS) is 17.7. The second-order valence-electron chi connectivity index (χ2n) is 10.0. The number of ether oxygens (including phenoxy) is 1. The highest BCUT2D eigenvalue weighted by molar-refractivity contribution is 5.75. The molecule has 0 bridgehead atoms. The number of imidazole rings is 1. The number of hydrogen-bond acceptors (Lipinski definition) is 4. The van der Waals surface area contributed by atoms with Crippen molar-refractivity contribution in [3.05, 3.63) is 107 Å². The number of benzene rings is 3. The van der Waals surface area contributed by atoms with Crippen LogP contribution in [0.25, 0.3) is 11.0 Å². The van der Waals surface area contributed by atoms with Gasteiger partial charge < -0.3 is 14.6 Å². The molecule has 5 rings (SSSR count). The van der Waals surface area contributed by atoms with Gasteiger partial charge >= 0.3 is 11.8 Å². The van der Waals surface area contributed by atoms with Crippen molar-refractivity contribution in [1.29, 1.82) is 0 Å². The quantitative estimate of drug-likeness (QED) is 0.297. The smallest absolute Gasteiger partial charge is 0.409 e. The molecule has 1 fully saturated rings. The van der Waals surface area contributed by atoms with E-state index in [1.54, 1.807) is 0 Å². The molecule has 1 N–H and O–H groups in total. The van der Waals surface area contributed by atoms with Gasteiger partial charge in [0.1, 0.15) is 0 Å². The number of H-pyrrole nitrogens is 1. The fourth-order valence-corrected chi connectivity index (χ4v) is 5.47. The van der Waals surface area contributed by atoms with Gasteiger partial charge in [-0.15, -0.1) is 0 Å². The van der Waals surface area contributed by atoms with Crippen LogP contribution in [-0.4, -0.2) is 51.2 Å². The number of nitrogens with one attached hydrogen (secondary N) is 1. The van der Waals surface area contributed by atoms with Gasteiger partial charge in [-0.25, -0.2) is 9.59 Å². The molecule has 38 heavy (non-hydrogen) atoms. The van der Waals surface area contributed by atoms with Gasteiger partial charge in [-0.05, 0) is 36.1 Å². The standard InChI is InChI=1S/C31H36N4O3/c1-2-3-20-38-31(37)33-19-18-28(35-27-17-11-10-16-26(27)32-30(35)36)29(23-33)34(21-24-12-6-4-7-13-24)22-25-14-8-5-9-15-25/h4-17,28-29H,2-3,18-23H2,1H3,(H,32,36). The maximum Gasteiger partial charge on any atom is 0.409 e. The molecule has 2 heterocycles. The Labute approximate surface area is 223 Å². The molecule has 2 atom stereocenters. The van der Waals surface area contributed by atoms with Gasteiger partial charge in [-0.2, -0.15) is 0 Å². The van der Waals surface area contributed by atoms with E-state index in [0.29, 0.717) is 39.2 Å². The average molecular weight is 513 g/mol. The highest BCUT2D eigenvalue weighted by Crippen LogP contribution is 2.31. The zero-order valence-electron chi connectivity index (χ0n) is 22.0. The fraction of sp³-hybridized carbons (Fsp3) is 0.355. The number of fused-ring (bicyclic) bond motifs is 1. The van der Waals surface area contributed by atoms with Crippen LogP contribution >= 0.6 is 0 Å². The van der Waals surface area contributed by atoms with Crippen molar-refractivity contribution in [3.63, 3.8) is 0 Å². The molecule has 1 aliphatic rings. The number of nitrogens with zero attached hydrogens (tertiary/aromatic N) is 3. The molecule has 0 radical (unpaired) electrons. The summed E-state index contributed by atoms with van der Waals surface area (Å²) in [6.45, 7) is 4.95. The first-order valence-corrected chi connectivity index (χ1v) is 13.6. The number of likely N-dealkylation sites (tertiary alicyclic amines) is 1. The Morgan fingerprint density at radius 3 is 2.24 bits per heavy atom. The van der Waals surface area contributed by atoms with Crippen LogP contribution in [0, 0.1) is 0 Å². The predicted molar refractivity (Wildman–Crippen MR) is 150 cm³/mol. The summed E-state index contributed by atoms with van der Waals surface area (Å²) in [5, 5.41) is 0. The van der Waals surface area contributed by atoms with E-state index in [1.165, 1.54) is 11.1 Å². The molecule has 1 aromatic heterocycles. The SMILES string of the molecule is CCCCOC(=O)N1CCC(n2c(=O)[nH]c3ccccc32)C(N(Cc2ccccc2)Cc2ccccc2)C1. The molecule has 1 saturated heterocycles. The van der Waals surface area contributed by atoms with Crippen LogP contribution in [0.1, 0.15) is 43.4 Å². The van der Waals surface area contributed by atoms with Gasteiger partial charge in [0.15, 0.2) is 0 Å². The molecule has 0 aliphatic carbocycles. The zero-order valence-corrected chi connectivity index (χ0v) is 22.0. The van der Waals surface area contributed by atoms with Gasteiger partial charge in [0.05, 0.1) is 23.7 Å². The first-order chi connectivity index (χ1) is 18.6. The summed E-state index contributed by atoms with van der Waals surface area (Å²) in [6.07, 6.45) is 2.22. The number of amides is 1. The molecule has 7 heteroatoms. The second-order valence-corrected chi connectivity index (χ2v) is 10.0. The second kappa shape index (κ2) is 12.1. The van der Waals surface area contributed by atoms with Crippen LogP contribution < -0.4 is 5.69 Å². The molecule has 1 amide bonds. The summed E-state index contributed by atoms with van der Waals surface area (Å²) in [4.78, 5) is 33.6. The Kier molecular flexibility index (Phi) is 8.24. The minimum Gasteiger partial charge on any atom is -0.449 e. The minimum absolute atomic E-state index is 0.0974. The zero-order chi connectivity index (χ0) is 26.3. The van der Waals surface area contributed by atoms with E-state index >= 15 is 0 Å². The van der Waals surface area contributed by atoms with Crippen molar-refractivity contribution in [2.24, 2.45) is 0 Å². The molecule has 0 spiro atoms. The van der Waals surface area contributed by atoms with Gasteiger partial charge in [0.25, 0.3) is 0 Å². The number of carbonyl (C=O) groups excluding carboxylic acids is 1. The van der Waals surface area contributed by atoms with Crippen LogP contribution in [0.4, 0.5) is 4.79 Å². The number of aromatic nitrogens is 2. The van der Waals surface area contributed by atoms with Crippen molar-refractivity contribution in [2.75, 3.05) is 19.7 Å². The summed E-state index contributed by atoms with van der Waals surface area (Å²) in [6, 6.07) is 28.4. The topological polar surface area (TPSA) is 70.6 Å². The van der Waals surface area contributed by atoms with Gasteiger partial charge in [-0.3, -0.25) is 9.47 Å². The fourth-order valence-electron chi connectivity index (χ4n) is 5.47. The lowest BCUT2D eigenvalue weighted by atomic mass is 9.95. The van der Waals surface area contributed by atoms with Crippen molar-refractivity contribution in [3.8, 4) is 0 Å². The molecule has 2 unspecified atom stereocenters. The Hall–Kier alpha value is -3.84. The van der Waals surface area contributed by atoms with Crippen molar-refractivity contribution >= 4 is 17.1 Å². The number of unbranched alkanes of at least 4 members (excludes halogenated alkanes) is 1. The monoisotopic (exact) mass is 512 g/mol. The van der Waals surface area contributed by atoms with E-state index in [9.17, 15) is 9.59 Å². The summed E-state index contributed by atoms with van der Waals surface area (Å²) in [5.41, 5.74) is 3.99. The molecule has 4 aromatic rings. The first-order valence-electron chi connectivity index (χ1n) is 13.6. The Bertz CT molecular complexity index is 1340. The lowest BCUT2D eigenvalue weighted by Crippen LogP contribution is -2.55. The van der Waals surface area contributed by atoms with E-state index in [1.807, 2.05) is 45.9 Å². The number of hydrogen-bond donors (Lipinski definition) is 1. The van der Waals surface area contributed by atoms with Crippen molar-refractivity contribution < 1.29 is 9.53 Å². The maximum absolute atomic E-state index is 13.3. The van der Waals surface area contributed by atoms with E-state index in [0.717, 1.165) is 23.9 Å². The number of aromatic amines is 1. The minimum atomic E-state index is -0.271. The Balaban J connectivity index is 1.53. The van der Waals surface area contributed by atoms with Crippen LogP contribution in [-0.2, 0) is 17.8 Å². The van der Waals surface area contributed by atoms with Gasteiger partial charge in [0.2, 0.25) is 0 Å². The summed E-state index contributed by atoms with van der Waals surface area (Å²) >= 11 is 0. The van der Waals surface area contributed by atoms with Crippen LogP contribution in [0.3, 0.4) is 0 Å². The molecular weight excluding hydrogens is 476 g/mol. The van der Waals surface area contributed by atoms with E-state index in [-0.39, 0.29) is 23.9 Å². The maximum atomic E-state index is 13.3. The predicted octanol–water partition coefficient (Wildman–Crippen LogP) is 5.58. The molecule has 0 saturated carbocycles. The third-order valence-corrected chi connectivity index (χ3v) is 7.41. The van der Waals surface area contributed by atoms with Crippen molar-refractivity contribution in [1.82, 2.24) is 19.4 Å². The summed E-state index contributed by atoms with van der Waals surface area (Å²) < 4.78 is 7.51. The van der Waals surface area contributed by atoms with Gasteiger partial charge in [0, 0.05) is 32.2 Å². The van der Waals surface area contributed by atoms with Gasteiger partial charge in [-0.1, -0.05) is 86.1 Å². The molecule has 198 valence electrons. The third-order valence-electron chi connectivity index (χ3n) is 7.41. The first kappa shape index (κ1) is 25.8. The number of carbonyl (C=O) groups is 1. The van der Waals surface area contributed by atoms with Crippen LogP contribution in [0.2, 0.25) is 0 Å². The van der Waals surface area contributed by atoms with Crippen LogP contribution in [0.15, 0.2) is 89.7 Å². The number of rotatable bonds is 9. The Morgan fingerprint density at radius 2 is 1.58 bits per heavy atom. The molecule has 3 aromatic carbocycles. The van der Waals surface area contributed by atoms with Crippen LogP contribution in [0.5, 0.6) is 0 Å². The Morgan fingerprint density at radius 1 is 0.947 bits per heavy atom. The number of piperidine rings is 1. The average Bonchev–Trinajstić information content (AvgIpc) is 3.29. The largest absolute Gasteiger partial charge is 0.449 e. The number of para-hydroxylation sites is 2.